The first-order valence-electron chi connectivity index (χ1n) is 9.48. The van der Waals surface area contributed by atoms with Gasteiger partial charge in [-0.2, -0.15) is 13.2 Å². The lowest BCUT2D eigenvalue weighted by Crippen LogP contribution is -2.20. The minimum atomic E-state index is -4.60. The first kappa shape index (κ1) is 20.6. The largest absolute Gasteiger partial charge is 0.506 e. The van der Waals surface area contributed by atoms with Crippen LogP contribution in [0.2, 0.25) is 0 Å². The van der Waals surface area contributed by atoms with E-state index in [4.69, 9.17) is 4.74 Å². The molecule has 8 heteroatoms. The first-order valence-corrected chi connectivity index (χ1v) is 9.48. The number of hydrogen-bond donors (Lipinski definition) is 1. The number of Topliss-reactive ketones (excluding diaryl/α,β-unsaturated/α-hetero) is 2. The van der Waals surface area contributed by atoms with Gasteiger partial charge in [0.25, 0.3) is 0 Å². The fourth-order valence-corrected chi connectivity index (χ4v) is 3.49. The lowest BCUT2D eigenvalue weighted by molar-refractivity contribution is -0.138. The lowest BCUT2D eigenvalue weighted by atomic mass is 9.89. The molecule has 0 amide bonds. The SMILES string of the molecule is O=C1CCCC(=O)C1=C(O)c1ccc2nccc(Oc3ccccc3C(F)(F)F)c2c1. The monoisotopic (exact) mass is 427 g/mol. The molecule has 3 aromatic rings. The van der Waals surface area contributed by atoms with Crippen LogP contribution in [0, 0.1) is 0 Å². The molecule has 1 N–H and O–H groups in total. The number of pyridine rings is 1. The van der Waals surface area contributed by atoms with Gasteiger partial charge >= 0.3 is 6.18 Å². The summed E-state index contributed by atoms with van der Waals surface area (Å²) in [6, 6.07) is 10.7. The van der Waals surface area contributed by atoms with Crippen LogP contribution in [0.5, 0.6) is 11.5 Å². The number of carbonyl (C=O) groups excluding carboxylic acids is 2. The molecular weight excluding hydrogens is 411 g/mol. The fourth-order valence-electron chi connectivity index (χ4n) is 3.49. The van der Waals surface area contributed by atoms with E-state index in [-0.39, 0.29) is 35.5 Å². The van der Waals surface area contributed by atoms with Gasteiger partial charge in [0.2, 0.25) is 0 Å². The molecule has 2 aromatic carbocycles. The van der Waals surface area contributed by atoms with Crippen LogP contribution in [0.3, 0.4) is 0 Å². The number of rotatable bonds is 3. The van der Waals surface area contributed by atoms with Gasteiger partial charge in [0.15, 0.2) is 11.6 Å². The summed E-state index contributed by atoms with van der Waals surface area (Å²) in [5.41, 5.74) is -0.600. The van der Waals surface area contributed by atoms with Crippen LogP contribution >= 0.6 is 0 Å². The average molecular weight is 427 g/mol. The topological polar surface area (TPSA) is 76.5 Å². The van der Waals surface area contributed by atoms with Gasteiger partial charge < -0.3 is 9.84 Å². The molecule has 0 atom stereocenters. The predicted octanol–water partition coefficient (Wildman–Crippen LogP) is 5.64. The summed E-state index contributed by atoms with van der Waals surface area (Å²) in [4.78, 5) is 28.4. The zero-order valence-corrected chi connectivity index (χ0v) is 16.1. The highest BCUT2D eigenvalue weighted by Crippen LogP contribution is 2.39. The second-order valence-electron chi connectivity index (χ2n) is 7.06. The number of benzene rings is 2. The number of para-hydroxylation sites is 1. The Labute approximate surface area is 174 Å². The summed E-state index contributed by atoms with van der Waals surface area (Å²) in [6.45, 7) is 0. The molecular formula is C23H16F3NO4. The summed E-state index contributed by atoms with van der Waals surface area (Å²) < 4.78 is 45.5. The van der Waals surface area contributed by atoms with E-state index < -0.39 is 29.1 Å². The summed E-state index contributed by atoms with van der Waals surface area (Å²) in [5, 5.41) is 10.9. The second kappa shape index (κ2) is 7.86. The van der Waals surface area contributed by atoms with Crippen molar-refractivity contribution in [3.05, 3.63) is 71.4 Å². The third-order valence-corrected chi connectivity index (χ3v) is 4.99. The van der Waals surface area contributed by atoms with Gasteiger partial charge in [0, 0.05) is 30.0 Å². The first-order chi connectivity index (χ1) is 14.8. The number of carbonyl (C=O) groups is 2. The zero-order chi connectivity index (χ0) is 22.2. The third kappa shape index (κ3) is 4.01. The molecule has 1 aliphatic carbocycles. The Morgan fingerprint density at radius 1 is 0.968 bits per heavy atom. The normalized spacial score (nSPS) is 14.7. The number of nitrogens with zero attached hydrogens (tertiary/aromatic N) is 1. The van der Waals surface area contributed by atoms with Gasteiger partial charge in [-0.3, -0.25) is 14.6 Å². The number of ether oxygens (including phenoxy) is 1. The zero-order valence-electron chi connectivity index (χ0n) is 16.1. The molecule has 0 spiro atoms. The van der Waals surface area contributed by atoms with E-state index in [0.29, 0.717) is 17.3 Å². The summed E-state index contributed by atoms with van der Waals surface area (Å²) in [7, 11) is 0. The van der Waals surface area contributed by atoms with Crippen molar-refractivity contribution in [1.29, 1.82) is 0 Å². The van der Waals surface area contributed by atoms with Crippen molar-refractivity contribution >= 4 is 28.2 Å². The number of alkyl halides is 3. The highest BCUT2D eigenvalue weighted by Gasteiger charge is 2.34. The number of allylic oxidation sites excluding steroid dienone is 1. The number of aromatic nitrogens is 1. The molecule has 1 saturated carbocycles. The third-order valence-electron chi connectivity index (χ3n) is 4.99. The quantitative estimate of drug-likeness (QED) is 0.333. The molecule has 1 aromatic heterocycles. The number of fused-ring (bicyclic) bond motifs is 1. The molecule has 5 nitrogen and oxygen atoms in total. The van der Waals surface area contributed by atoms with Crippen molar-refractivity contribution < 1.29 is 32.6 Å². The Bertz CT molecular complexity index is 1210. The smallest absolute Gasteiger partial charge is 0.419 e. The maximum absolute atomic E-state index is 13.3. The van der Waals surface area contributed by atoms with Crippen molar-refractivity contribution in [2.24, 2.45) is 0 Å². The standard InChI is InChI=1S/C23H16F3NO4/c24-23(25,26)15-4-1-2-7-20(15)31-19-10-11-27-16-9-8-13(12-14(16)19)22(30)21-17(28)5-3-6-18(21)29/h1-2,4,7-12,30H,3,5-6H2. The molecule has 0 saturated heterocycles. The van der Waals surface area contributed by atoms with Crippen LogP contribution in [0.15, 0.2) is 60.3 Å². The number of aliphatic hydroxyl groups is 1. The molecule has 1 fully saturated rings. The van der Waals surface area contributed by atoms with Gasteiger partial charge in [0.1, 0.15) is 22.8 Å². The van der Waals surface area contributed by atoms with E-state index in [9.17, 15) is 27.9 Å². The van der Waals surface area contributed by atoms with Crippen LogP contribution in [0.4, 0.5) is 13.2 Å². The predicted molar refractivity (Wildman–Crippen MR) is 107 cm³/mol. The summed E-state index contributed by atoms with van der Waals surface area (Å²) in [5.74, 6) is -1.62. The highest BCUT2D eigenvalue weighted by molar-refractivity contribution is 6.25. The van der Waals surface area contributed by atoms with Crippen LogP contribution in [-0.2, 0) is 15.8 Å². The maximum atomic E-state index is 13.3. The number of ketones is 2. The van der Waals surface area contributed by atoms with Crippen LogP contribution < -0.4 is 4.74 Å². The van der Waals surface area contributed by atoms with Crippen molar-refractivity contribution in [3.63, 3.8) is 0 Å². The van der Waals surface area contributed by atoms with Gasteiger partial charge in [0.05, 0.1) is 11.1 Å². The number of hydrogen-bond acceptors (Lipinski definition) is 5. The molecule has 31 heavy (non-hydrogen) atoms. The Morgan fingerprint density at radius 2 is 1.68 bits per heavy atom. The molecule has 4 rings (SSSR count). The van der Waals surface area contributed by atoms with E-state index in [2.05, 4.69) is 4.98 Å². The van der Waals surface area contributed by atoms with Gasteiger partial charge in [-0.25, -0.2) is 0 Å². The lowest BCUT2D eigenvalue weighted by Gasteiger charge is -2.16. The number of aliphatic hydroxyl groups excluding tert-OH is 1. The van der Waals surface area contributed by atoms with Crippen molar-refractivity contribution in [2.45, 2.75) is 25.4 Å². The van der Waals surface area contributed by atoms with Crippen LogP contribution in [0.25, 0.3) is 16.7 Å². The molecule has 0 bridgehead atoms. The summed E-state index contributed by atoms with van der Waals surface area (Å²) in [6.07, 6.45) is -2.44. The highest BCUT2D eigenvalue weighted by atomic mass is 19.4. The van der Waals surface area contributed by atoms with Gasteiger partial charge in [-0.1, -0.05) is 12.1 Å². The molecule has 0 unspecified atom stereocenters. The Morgan fingerprint density at radius 3 is 2.39 bits per heavy atom. The van der Waals surface area contributed by atoms with Crippen molar-refractivity contribution in [3.8, 4) is 11.5 Å². The van der Waals surface area contributed by atoms with E-state index in [1.165, 1.54) is 48.7 Å². The molecule has 0 radical (unpaired) electrons. The maximum Gasteiger partial charge on any atom is 0.419 e. The molecule has 1 heterocycles. The second-order valence-corrected chi connectivity index (χ2v) is 7.06. The van der Waals surface area contributed by atoms with Crippen LogP contribution in [0.1, 0.15) is 30.4 Å². The molecule has 158 valence electrons. The molecule has 1 aliphatic rings. The molecule has 0 aliphatic heterocycles. The van der Waals surface area contributed by atoms with Gasteiger partial charge in [-0.05, 0) is 42.8 Å². The van der Waals surface area contributed by atoms with Crippen molar-refractivity contribution in [1.82, 2.24) is 4.98 Å². The Kier molecular flexibility index (Phi) is 5.22. The van der Waals surface area contributed by atoms with Crippen LogP contribution in [-0.4, -0.2) is 21.7 Å². The summed E-state index contributed by atoms with van der Waals surface area (Å²) >= 11 is 0. The fraction of sp³-hybridized carbons (Fsp3) is 0.174. The van der Waals surface area contributed by atoms with Gasteiger partial charge in [-0.15, -0.1) is 0 Å². The van der Waals surface area contributed by atoms with E-state index >= 15 is 0 Å². The van der Waals surface area contributed by atoms with E-state index in [1.54, 1.807) is 0 Å². The van der Waals surface area contributed by atoms with E-state index in [0.717, 1.165) is 6.07 Å². The Hall–Kier alpha value is -3.68. The number of halogens is 3. The average Bonchev–Trinajstić information content (AvgIpc) is 2.73. The minimum absolute atomic E-state index is 0.0858. The Balaban J connectivity index is 1.81. The minimum Gasteiger partial charge on any atom is -0.506 e. The van der Waals surface area contributed by atoms with E-state index in [1.807, 2.05) is 0 Å². The van der Waals surface area contributed by atoms with Crippen molar-refractivity contribution in [2.75, 3.05) is 0 Å².